The lowest BCUT2D eigenvalue weighted by Crippen LogP contribution is -2.40. The normalized spacial score (nSPS) is 14.3. The maximum absolute atomic E-state index is 13.1. The van der Waals surface area contributed by atoms with Gasteiger partial charge in [0, 0.05) is 24.2 Å². The first-order chi connectivity index (χ1) is 13.2. The van der Waals surface area contributed by atoms with Gasteiger partial charge in [-0.05, 0) is 36.2 Å². The van der Waals surface area contributed by atoms with Crippen LogP contribution in [0.3, 0.4) is 0 Å². The van der Waals surface area contributed by atoms with E-state index < -0.39 is 0 Å². The molecule has 1 N–H and O–H groups in total. The number of aromatic nitrogens is 1. The summed E-state index contributed by atoms with van der Waals surface area (Å²) < 4.78 is 5.38. The smallest absolute Gasteiger partial charge is 0.254 e. The molecule has 138 valence electrons. The van der Waals surface area contributed by atoms with Crippen molar-refractivity contribution in [2.45, 2.75) is 13.3 Å². The number of amides is 1. The lowest BCUT2D eigenvalue weighted by molar-refractivity contribution is 0.0304. The Kier molecular flexibility index (Phi) is 5.03. The molecule has 1 fully saturated rings. The van der Waals surface area contributed by atoms with E-state index >= 15 is 0 Å². The SMILES string of the molecule is CCc1ccc(Nc2cc(C(=O)N3CCOCC3)c3ccccc3n2)cc1. The number of hydrogen-bond acceptors (Lipinski definition) is 4. The first-order valence-electron chi connectivity index (χ1n) is 9.37. The molecule has 2 heterocycles. The number of nitrogens with zero attached hydrogens (tertiary/aromatic N) is 2. The van der Waals surface area contributed by atoms with Gasteiger partial charge in [-0.3, -0.25) is 4.79 Å². The van der Waals surface area contributed by atoms with E-state index in [-0.39, 0.29) is 5.91 Å². The molecule has 3 aromatic rings. The standard InChI is InChI=1S/C22H23N3O2/c1-2-16-7-9-17(10-8-16)23-21-15-19(18-5-3-4-6-20(18)24-21)22(26)25-11-13-27-14-12-25/h3-10,15H,2,11-14H2,1H3,(H,23,24). The van der Waals surface area contributed by atoms with Crippen LogP contribution in [0.1, 0.15) is 22.8 Å². The number of anilines is 2. The molecule has 1 aromatic heterocycles. The monoisotopic (exact) mass is 361 g/mol. The van der Waals surface area contributed by atoms with Crippen LogP contribution in [-0.2, 0) is 11.2 Å². The van der Waals surface area contributed by atoms with Crippen LogP contribution >= 0.6 is 0 Å². The Morgan fingerprint density at radius 2 is 1.85 bits per heavy atom. The lowest BCUT2D eigenvalue weighted by Gasteiger charge is -2.27. The van der Waals surface area contributed by atoms with Gasteiger partial charge in [-0.15, -0.1) is 0 Å². The van der Waals surface area contributed by atoms with Gasteiger partial charge in [-0.1, -0.05) is 37.3 Å². The summed E-state index contributed by atoms with van der Waals surface area (Å²) in [5.74, 6) is 0.704. The Bertz CT molecular complexity index is 947. The number of nitrogens with one attached hydrogen (secondary N) is 1. The number of ether oxygens (including phenoxy) is 1. The van der Waals surface area contributed by atoms with E-state index in [1.165, 1.54) is 5.56 Å². The molecular formula is C22H23N3O2. The van der Waals surface area contributed by atoms with Gasteiger partial charge >= 0.3 is 0 Å². The molecule has 2 aromatic carbocycles. The van der Waals surface area contributed by atoms with Crippen molar-refractivity contribution in [2.24, 2.45) is 0 Å². The van der Waals surface area contributed by atoms with Crippen LogP contribution in [0, 0.1) is 0 Å². The lowest BCUT2D eigenvalue weighted by atomic mass is 10.1. The number of carbonyl (C=O) groups excluding carboxylic acids is 1. The average Bonchev–Trinajstić information content (AvgIpc) is 2.74. The van der Waals surface area contributed by atoms with Gasteiger partial charge in [-0.2, -0.15) is 0 Å². The number of aryl methyl sites for hydroxylation is 1. The summed E-state index contributed by atoms with van der Waals surface area (Å²) in [6, 6.07) is 17.9. The fourth-order valence-electron chi connectivity index (χ4n) is 3.32. The minimum Gasteiger partial charge on any atom is -0.378 e. The second kappa shape index (κ2) is 7.76. The van der Waals surface area contributed by atoms with Crippen LogP contribution in [0.2, 0.25) is 0 Å². The van der Waals surface area contributed by atoms with Crippen molar-refractivity contribution >= 4 is 28.3 Å². The van der Waals surface area contributed by atoms with Crippen LogP contribution < -0.4 is 5.32 Å². The Morgan fingerprint density at radius 1 is 1.11 bits per heavy atom. The van der Waals surface area contributed by atoms with Crippen molar-refractivity contribution in [3.05, 3.63) is 65.7 Å². The molecule has 0 unspecified atom stereocenters. The molecule has 0 saturated carbocycles. The molecule has 0 atom stereocenters. The first-order valence-corrected chi connectivity index (χ1v) is 9.37. The molecule has 5 heteroatoms. The number of rotatable bonds is 4. The third kappa shape index (κ3) is 3.78. The van der Waals surface area contributed by atoms with Gasteiger partial charge in [0.15, 0.2) is 0 Å². The van der Waals surface area contributed by atoms with E-state index in [1.807, 2.05) is 47.4 Å². The molecule has 4 rings (SSSR count). The molecule has 0 aliphatic carbocycles. The van der Waals surface area contributed by atoms with Gasteiger partial charge in [-0.25, -0.2) is 4.98 Å². The van der Waals surface area contributed by atoms with E-state index in [0.29, 0.717) is 37.7 Å². The summed E-state index contributed by atoms with van der Waals surface area (Å²) in [5.41, 5.74) is 3.73. The van der Waals surface area contributed by atoms with Crippen LogP contribution in [0.4, 0.5) is 11.5 Å². The molecular weight excluding hydrogens is 338 g/mol. The Balaban J connectivity index is 1.70. The number of para-hydroxylation sites is 1. The third-order valence-electron chi connectivity index (χ3n) is 4.88. The zero-order chi connectivity index (χ0) is 18.6. The molecule has 1 saturated heterocycles. The first kappa shape index (κ1) is 17.5. The molecule has 27 heavy (non-hydrogen) atoms. The van der Waals surface area contributed by atoms with E-state index in [9.17, 15) is 4.79 Å². The average molecular weight is 361 g/mol. The zero-order valence-corrected chi connectivity index (χ0v) is 15.4. The molecule has 1 amide bonds. The summed E-state index contributed by atoms with van der Waals surface area (Å²) in [6.07, 6.45) is 1.01. The second-order valence-electron chi connectivity index (χ2n) is 6.65. The van der Waals surface area contributed by atoms with E-state index in [1.54, 1.807) is 0 Å². The highest BCUT2D eigenvalue weighted by Crippen LogP contribution is 2.25. The summed E-state index contributed by atoms with van der Waals surface area (Å²) >= 11 is 0. The summed E-state index contributed by atoms with van der Waals surface area (Å²) in [6.45, 7) is 4.55. The van der Waals surface area contributed by atoms with Gasteiger partial charge < -0.3 is 15.0 Å². The Morgan fingerprint density at radius 3 is 2.59 bits per heavy atom. The van der Waals surface area contributed by atoms with E-state index in [0.717, 1.165) is 23.0 Å². The van der Waals surface area contributed by atoms with Crippen LogP contribution in [0.15, 0.2) is 54.6 Å². The topological polar surface area (TPSA) is 54.5 Å². The molecule has 0 spiro atoms. The van der Waals surface area contributed by atoms with Crippen molar-refractivity contribution < 1.29 is 9.53 Å². The number of benzene rings is 2. The molecule has 0 bridgehead atoms. The van der Waals surface area contributed by atoms with Gasteiger partial charge in [0.05, 0.1) is 24.3 Å². The van der Waals surface area contributed by atoms with Crippen molar-refractivity contribution in [3.63, 3.8) is 0 Å². The fraction of sp³-hybridized carbons (Fsp3) is 0.273. The highest BCUT2D eigenvalue weighted by atomic mass is 16.5. The van der Waals surface area contributed by atoms with Gasteiger partial charge in [0.1, 0.15) is 5.82 Å². The van der Waals surface area contributed by atoms with Gasteiger partial charge in [0.25, 0.3) is 5.91 Å². The van der Waals surface area contributed by atoms with Gasteiger partial charge in [0.2, 0.25) is 0 Å². The molecule has 0 radical (unpaired) electrons. The highest BCUT2D eigenvalue weighted by molar-refractivity contribution is 6.07. The van der Waals surface area contributed by atoms with Crippen molar-refractivity contribution in [1.29, 1.82) is 0 Å². The van der Waals surface area contributed by atoms with Crippen LogP contribution in [0.25, 0.3) is 10.9 Å². The van der Waals surface area contributed by atoms with Crippen molar-refractivity contribution in [2.75, 3.05) is 31.6 Å². The predicted octanol–water partition coefficient (Wildman–Crippen LogP) is 4.01. The van der Waals surface area contributed by atoms with Crippen molar-refractivity contribution in [3.8, 4) is 0 Å². The van der Waals surface area contributed by atoms with Crippen LogP contribution in [0.5, 0.6) is 0 Å². The predicted molar refractivity (Wildman–Crippen MR) is 108 cm³/mol. The largest absolute Gasteiger partial charge is 0.378 e. The Labute approximate surface area is 159 Å². The molecule has 1 aliphatic heterocycles. The molecule has 5 nitrogen and oxygen atoms in total. The maximum atomic E-state index is 13.1. The summed E-state index contributed by atoms with van der Waals surface area (Å²) in [4.78, 5) is 19.7. The quantitative estimate of drug-likeness (QED) is 0.763. The molecule has 1 aliphatic rings. The summed E-state index contributed by atoms with van der Waals surface area (Å²) in [7, 11) is 0. The number of fused-ring (bicyclic) bond motifs is 1. The number of hydrogen-bond donors (Lipinski definition) is 1. The summed E-state index contributed by atoms with van der Waals surface area (Å²) in [5, 5.41) is 4.21. The van der Waals surface area contributed by atoms with E-state index in [4.69, 9.17) is 9.72 Å². The number of pyridine rings is 1. The second-order valence-corrected chi connectivity index (χ2v) is 6.65. The Hall–Kier alpha value is -2.92. The minimum atomic E-state index is 0.0290. The van der Waals surface area contributed by atoms with Crippen molar-refractivity contribution in [1.82, 2.24) is 9.88 Å². The minimum absolute atomic E-state index is 0.0290. The zero-order valence-electron chi connectivity index (χ0n) is 15.4. The highest BCUT2D eigenvalue weighted by Gasteiger charge is 2.21. The number of morpholine rings is 1. The third-order valence-corrected chi connectivity index (χ3v) is 4.88. The fourth-order valence-corrected chi connectivity index (χ4v) is 3.32. The van der Waals surface area contributed by atoms with E-state index in [2.05, 4.69) is 24.4 Å². The maximum Gasteiger partial charge on any atom is 0.254 e. The van der Waals surface area contributed by atoms with Crippen LogP contribution in [-0.4, -0.2) is 42.1 Å². The number of carbonyl (C=O) groups is 1.